The third-order valence-corrected chi connectivity index (χ3v) is 6.97. The second kappa shape index (κ2) is 8.32. The van der Waals surface area contributed by atoms with Crippen molar-refractivity contribution in [3.8, 4) is 5.75 Å². The number of hydrogen-bond acceptors (Lipinski definition) is 7. The summed E-state index contributed by atoms with van der Waals surface area (Å²) in [6.07, 6.45) is 2.30. The van der Waals surface area contributed by atoms with Gasteiger partial charge in [0.15, 0.2) is 6.61 Å². The summed E-state index contributed by atoms with van der Waals surface area (Å²) in [4.78, 5) is 56.7. The van der Waals surface area contributed by atoms with Gasteiger partial charge in [-0.25, -0.2) is 4.98 Å². The predicted octanol–water partition coefficient (Wildman–Crippen LogP) is 2.14. The third-order valence-electron chi connectivity index (χ3n) is 5.81. The second-order valence-corrected chi connectivity index (χ2v) is 9.15. The van der Waals surface area contributed by atoms with E-state index in [-0.39, 0.29) is 37.2 Å². The van der Waals surface area contributed by atoms with Gasteiger partial charge in [-0.05, 0) is 48.4 Å². The summed E-state index contributed by atoms with van der Waals surface area (Å²) >= 11 is 1.35. The minimum absolute atomic E-state index is 0.0339. The zero-order chi connectivity index (χ0) is 23.1. The lowest BCUT2D eigenvalue weighted by atomic mass is 9.84. The number of carboxylic acids is 1. The molecule has 33 heavy (non-hydrogen) atoms. The van der Waals surface area contributed by atoms with Gasteiger partial charge in [-0.2, -0.15) is 0 Å². The normalized spacial score (nSPS) is 17.0. The second-order valence-electron chi connectivity index (χ2n) is 8.07. The number of carbonyl (C=O) groups excluding carboxylic acids is 2. The fourth-order valence-corrected chi connectivity index (χ4v) is 5.67. The fourth-order valence-electron chi connectivity index (χ4n) is 4.37. The molecule has 1 aliphatic carbocycles. The maximum atomic E-state index is 12.9. The van der Waals surface area contributed by atoms with Gasteiger partial charge in [-0.15, -0.1) is 11.3 Å². The van der Waals surface area contributed by atoms with Crippen molar-refractivity contribution in [1.82, 2.24) is 15.3 Å². The Balaban J connectivity index is 1.38. The number of hydrogen-bond donors (Lipinski definition) is 4. The van der Waals surface area contributed by atoms with Crippen LogP contribution in [0.25, 0.3) is 10.2 Å². The van der Waals surface area contributed by atoms with E-state index in [1.54, 1.807) is 18.2 Å². The largest absolute Gasteiger partial charge is 0.482 e. The molecule has 0 spiro atoms. The molecule has 1 atom stereocenters. The molecule has 2 amide bonds. The van der Waals surface area contributed by atoms with Crippen LogP contribution in [0.2, 0.25) is 0 Å². The Labute approximate surface area is 191 Å². The highest BCUT2D eigenvalue weighted by Crippen LogP contribution is 2.41. The lowest BCUT2D eigenvalue weighted by Crippen LogP contribution is -2.28. The van der Waals surface area contributed by atoms with Gasteiger partial charge >= 0.3 is 5.97 Å². The van der Waals surface area contributed by atoms with Crippen molar-refractivity contribution in [3.63, 3.8) is 0 Å². The number of thiophene rings is 1. The van der Waals surface area contributed by atoms with Crippen LogP contribution in [0.5, 0.6) is 5.75 Å². The monoisotopic (exact) mass is 468 g/mol. The highest BCUT2D eigenvalue weighted by atomic mass is 32.1. The Morgan fingerprint density at radius 2 is 2.15 bits per heavy atom. The van der Waals surface area contributed by atoms with E-state index in [1.165, 1.54) is 11.3 Å². The quantitative estimate of drug-likeness (QED) is 0.448. The van der Waals surface area contributed by atoms with Gasteiger partial charge in [0.25, 0.3) is 17.4 Å². The molecular weight excluding hydrogens is 448 g/mol. The first-order chi connectivity index (χ1) is 15.9. The van der Waals surface area contributed by atoms with E-state index in [9.17, 15) is 24.3 Å². The Kier molecular flexibility index (Phi) is 5.33. The Hall–Kier alpha value is -3.73. The Bertz CT molecular complexity index is 1360. The number of benzene rings is 1. The lowest BCUT2D eigenvalue weighted by molar-refractivity contribution is -0.137. The van der Waals surface area contributed by atoms with E-state index in [2.05, 4.69) is 20.6 Å². The number of carbonyl (C=O) groups is 3. The van der Waals surface area contributed by atoms with Crippen LogP contribution < -0.4 is 20.9 Å². The summed E-state index contributed by atoms with van der Waals surface area (Å²) < 4.78 is 5.32. The number of H-pyrrole nitrogens is 1. The van der Waals surface area contributed by atoms with Crippen molar-refractivity contribution in [2.24, 2.45) is 0 Å². The molecule has 2 aliphatic rings. The molecule has 0 saturated carbocycles. The number of amides is 2. The van der Waals surface area contributed by atoms with E-state index in [1.807, 2.05) is 0 Å². The van der Waals surface area contributed by atoms with E-state index < -0.39 is 17.4 Å². The SMILES string of the molecule is O=C(O)CC1CCCc2sc3nc(C(=O)NCc4ccc5c(c4)NC(=O)CO5)[nH]c(=O)c3c21. The number of aromatic amines is 1. The van der Waals surface area contributed by atoms with E-state index in [0.717, 1.165) is 28.8 Å². The maximum absolute atomic E-state index is 12.9. The van der Waals surface area contributed by atoms with E-state index in [4.69, 9.17) is 4.74 Å². The first kappa shape index (κ1) is 21.1. The minimum atomic E-state index is -0.902. The van der Waals surface area contributed by atoms with Crippen LogP contribution in [-0.4, -0.2) is 39.5 Å². The number of carboxylic acid groups (broad SMARTS) is 1. The van der Waals surface area contributed by atoms with Crippen LogP contribution >= 0.6 is 11.3 Å². The molecule has 11 heteroatoms. The number of aryl methyl sites for hydroxylation is 1. The number of aliphatic carboxylic acids is 1. The van der Waals surface area contributed by atoms with Gasteiger partial charge < -0.3 is 25.5 Å². The van der Waals surface area contributed by atoms with Crippen LogP contribution in [0.1, 0.15) is 51.8 Å². The first-order valence-electron chi connectivity index (χ1n) is 10.5. The van der Waals surface area contributed by atoms with Crippen molar-refractivity contribution in [3.05, 3.63) is 50.4 Å². The molecule has 5 rings (SSSR count). The third kappa shape index (κ3) is 4.07. The number of fused-ring (bicyclic) bond motifs is 4. The lowest BCUT2D eigenvalue weighted by Gasteiger charge is -2.21. The molecule has 2 aromatic heterocycles. The topological polar surface area (TPSA) is 150 Å². The van der Waals surface area contributed by atoms with Crippen LogP contribution in [0.4, 0.5) is 5.69 Å². The summed E-state index contributed by atoms with van der Waals surface area (Å²) in [5.74, 6) is -1.46. The first-order valence-corrected chi connectivity index (χ1v) is 11.3. The van der Waals surface area contributed by atoms with Crippen LogP contribution in [0.15, 0.2) is 23.0 Å². The van der Waals surface area contributed by atoms with Gasteiger partial charge in [0.05, 0.1) is 17.5 Å². The molecule has 0 fully saturated rings. The van der Waals surface area contributed by atoms with Crippen LogP contribution in [0, 0.1) is 0 Å². The molecule has 170 valence electrons. The summed E-state index contributed by atoms with van der Waals surface area (Å²) in [6.45, 7) is 0.124. The summed E-state index contributed by atoms with van der Waals surface area (Å²) in [5.41, 5.74) is 1.60. The molecule has 4 N–H and O–H groups in total. The van der Waals surface area contributed by atoms with Gasteiger partial charge in [-0.3, -0.25) is 19.2 Å². The number of rotatable bonds is 5. The zero-order valence-electron chi connectivity index (χ0n) is 17.4. The smallest absolute Gasteiger partial charge is 0.303 e. The molecule has 0 bridgehead atoms. The number of nitrogens with one attached hydrogen (secondary N) is 3. The Morgan fingerprint density at radius 3 is 2.97 bits per heavy atom. The van der Waals surface area contributed by atoms with Gasteiger partial charge in [0, 0.05) is 11.4 Å². The molecule has 3 heterocycles. The number of anilines is 1. The van der Waals surface area contributed by atoms with Crippen molar-refractivity contribution < 1.29 is 24.2 Å². The molecule has 1 aromatic carbocycles. The van der Waals surface area contributed by atoms with Crippen molar-refractivity contribution in [1.29, 1.82) is 0 Å². The molecule has 3 aromatic rings. The van der Waals surface area contributed by atoms with E-state index in [0.29, 0.717) is 28.1 Å². The van der Waals surface area contributed by atoms with Gasteiger partial charge in [0.2, 0.25) is 5.82 Å². The van der Waals surface area contributed by atoms with Crippen LogP contribution in [0.3, 0.4) is 0 Å². The number of nitrogens with zero attached hydrogens (tertiary/aromatic N) is 1. The zero-order valence-corrected chi connectivity index (χ0v) is 18.2. The molecule has 10 nitrogen and oxygen atoms in total. The number of ether oxygens (including phenoxy) is 1. The van der Waals surface area contributed by atoms with Crippen LogP contribution in [-0.2, 0) is 22.6 Å². The van der Waals surface area contributed by atoms with Crippen molar-refractivity contribution in [2.45, 2.75) is 38.1 Å². The molecule has 1 unspecified atom stereocenters. The predicted molar refractivity (Wildman–Crippen MR) is 120 cm³/mol. The average molecular weight is 468 g/mol. The van der Waals surface area contributed by atoms with Gasteiger partial charge in [-0.1, -0.05) is 6.07 Å². The summed E-state index contributed by atoms with van der Waals surface area (Å²) in [6, 6.07) is 5.19. The van der Waals surface area contributed by atoms with Gasteiger partial charge in [0.1, 0.15) is 10.6 Å². The van der Waals surface area contributed by atoms with Crippen molar-refractivity contribution in [2.75, 3.05) is 11.9 Å². The minimum Gasteiger partial charge on any atom is -0.482 e. The summed E-state index contributed by atoms with van der Waals surface area (Å²) in [5, 5.41) is 15.1. The van der Waals surface area contributed by atoms with Crippen molar-refractivity contribution >= 4 is 45.0 Å². The average Bonchev–Trinajstić information content (AvgIpc) is 3.16. The standard InChI is InChI=1S/C22H20N4O6S/c27-15-9-32-13-5-4-10(6-12(13)24-15)8-23-21(31)19-25-20(30)18-17-11(7-16(28)29)2-1-3-14(17)33-22(18)26-19/h4-6,11H,1-3,7-9H2,(H,23,31)(H,24,27)(H,28,29)(H,25,26,30). The molecule has 0 saturated heterocycles. The highest BCUT2D eigenvalue weighted by Gasteiger charge is 2.29. The highest BCUT2D eigenvalue weighted by molar-refractivity contribution is 7.18. The fraction of sp³-hybridized carbons (Fsp3) is 0.318. The number of aromatic nitrogens is 2. The molecular formula is C22H20N4O6S. The molecule has 1 aliphatic heterocycles. The molecule has 0 radical (unpaired) electrons. The van der Waals surface area contributed by atoms with E-state index >= 15 is 0 Å². The Morgan fingerprint density at radius 1 is 1.30 bits per heavy atom. The maximum Gasteiger partial charge on any atom is 0.303 e. The summed E-state index contributed by atoms with van der Waals surface area (Å²) in [7, 11) is 0.